The molecule has 0 radical (unpaired) electrons. The fourth-order valence-electron chi connectivity index (χ4n) is 2.57. The third kappa shape index (κ3) is 2.93. The monoisotopic (exact) mass is 326 g/mol. The average Bonchev–Trinajstić information content (AvgIpc) is 3.24. The van der Waals surface area contributed by atoms with Gasteiger partial charge < -0.3 is 14.9 Å². The van der Waals surface area contributed by atoms with Crippen LogP contribution in [0.5, 0.6) is 0 Å². The molecule has 0 aliphatic rings. The smallest absolute Gasteiger partial charge is 0.274 e. The Balaban J connectivity index is 1.85. The summed E-state index contributed by atoms with van der Waals surface area (Å²) in [7, 11) is 0. The molecule has 7 nitrogen and oxygen atoms in total. The minimum Gasteiger partial charge on any atom is -0.391 e. The van der Waals surface area contributed by atoms with E-state index in [1.807, 2.05) is 43.5 Å². The fraction of sp³-hybridized carbons (Fsp3) is 0.235. The molecule has 0 bridgehead atoms. The number of nitrogens with zero attached hydrogens (tertiary/aromatic N) is 3. The number of aliphatic hydroxyl groups is 1. The molecule has 3 aromatic rings. The quantitative estimate of drug-likeness (QED) is 0.749. The molecule has 124 valence electrons. The predicted molar refractivity (Wildman–Crippen MR) is 86.6 cm³/mol. The maximum Gasteiger partial charge on any atom is 0.274 e. The maximum absolute atomic E-state index is 12.5. The summed E-state index contributed by atoms with van der Waals surface area (Å²) in [5.74, 6) is 0.0471. The lowest BCUT2D eigenvalue weighted by molar-refractivity contribution is 0.0928. The summed E-state index contributed by atoms with van der Waals surface area (Å²) in [4.78, 5) is 12.5. The van der Waals surface area contributed by atoms with E-state index in [1.165, 1.54) is 0 Å². The van der Waals surface area contributed by atoms with E-state index >= 15 is 0 Å². The van der Waals surface area contributed by atoms with Gasteiger partial charge in [0.05, 0.1) is 23.9 Å². The highest BCUT2D eigenvalue weighted by Gasteiger charge is 2.22. The van der Waals surface area contributed by atoms with Crippen molar-refractivity contribution in [3.8, 4) is 5.69 Å². The van der Waals surface area contributed by atoms with Crippen molar-refractivity contribution in [3.63, 3.8) is 0 Å². The number of hydrogen-bond donors (Lipinski definition) is 2. The standard InChI is InChI=1S/C17H18N4O3/c1-11(19-17(23)16-14(10-22)12(2)24-20-16)13-6-3-4-7-15(13)21-9-5-8-18-21/h3-9,11,22H,10H2,1-2H3,(H,19,23). The van der Waals surface area contributed by atoms with Crippen molar-refractivity contribution in [2.45, 2.75) is 26.5 Å². The highest BCUT2D eigenvalue weighted by Crippen LogP contribution is 2.22. The number of hydrogen-bond acceptors (Lipinski definition) is 5. The Bertz CT molecular complexity index is 839. The Kier molecular flexibility index (Phi) is 4.43. The van der Waals surface area contributed by atoms with E-state index in [0.717, 1.165) is 11.3 Å². The van der Waals surface area contributed by atoms with E-state index in [0.29, 0.717) is 11.3 Å². The van der Waals surface area contributed by atoms with Crippen molar-refractivity contribution in [3.05, 3.63) is 65.3 Å². The zero-order valence-electron chi connectivity index (χ0n) is 13.4. The number of para-hydroxylation sites is 1. The first-order valence-electron chi connectivity index (χ1n) is 7.57. The normalized spacial score (nSPS) is 12.1. The van der Waals surface area contributed by atoms with Crippen LogP contribution in [0.1, 0.15) is 40.3 Å². The number of benzene rings is 1. The van der Waals surface area contributed by atoms with E-state index < -0.39 is 5.91 Å². The van der Waals surface area contributed by atoms with Crippen LogP contribution in [0.4, 0.5) is 0 Å². The van der Waals surface area contributed by atoms with Crippen LogP contribution in [0.2, 0.25) is 0 Å². The van der Waals surface area contributed by atoms with Gasteiger partial charge in [0.15, 0.2) is 5.69 Å². The van der Waals surface area contributed by atoms with Crippen LogP contribution < -0.4 is 5.32 Å². The van der Waals surface area contributed by atoms with E-state index in [9.17, 15) is 9.90 Å². The summed E-state index contributed by atoms with van der Waals surface area (Å²) in [5, 5.41) is 20.2. The Morgan fingerprint density at radius 2 is 2.17 bits per heavy atom. The Morgan fingerprint density at radius 1 is 1.38 bits per heavy atom. The molecule has 2 N–H and O–H groups in total. The zero-order chi connectivity index (χ0) is 17.1. The molecule has 1 atom stereocenters. The third-order valence-corrected chi connectivity index (χ3v) is 3.86. The molecule has 1 unspecified atom stereocenters. The average molecular weight is 326 g/mol. The number of nitrogens with one attached hydrogen (secondary N) is 1. The maximum atomic E-state index is 12.5. The van der Waals surface area contributed by atoms with Crippen molar-refractivity contribution in [2.75, 3.05) is 0 Å². The van der Waals surface area contributed by atoms with Crippen LogP contribution in [0.15, 0.2) is 47.2 Å². The summed E-state index contributed by atoms with van der Waals surface area (Å²) < 4.78 is 6.74. The second-order valence-corrected chi connectivity index (χ2v) is 5.43. The van der Waals surface area contributed by atoms with Crippen LogP contribution >= 0.6 is 0 Å². The topological polar surface area (TPSA) is 93.2 Å². The molecular formula is C17H18N4O3. The Morgan fingerprint density at radius 3 is 2.88 bits per heavy atom. The van der Waals surface area contributed by atoms with Gasteiger partial charge >= 0.3 is 0 Å². The Labute approximate surface area is 138 Å². The second kappa shape index (κ2) is 6.67. The summed E-state index contributed by atoms with van der Waals surface area (Å²) >= 11 is 0. The zero-order valence-corrected chi connectivity index (χ0v) is 13.4. The first-order chi connectivity index (χ1) is 11.6. The minimum atomic E-state index is -0.390. The van der Waals surface area contributed by atoms with Crippen LogP contribution in [0, 0.1) is 6.92 Å². The lowest BCUT2D eigenvalue weighted by Crippen LogP contribution is -2.28. The van der Waals surface area contributed by atoms with E-state index in [2.05, 4.69) is 15.6 Å². The minimum absolute atomic E-state index is 0.110. The van der Waals surface area contributed by atoms with Gasteiger partial charge in [0, 0.05) is 12.4 Å². The molecule has 0 fully saturated rings. The summed E-state index contributed by atoms with van der Waals surface area (Å²) in [6.45, 7) is 3.24. The number of aryl methyl sites for hydroxylation is 1. The molecule has 0 aliphatic carbocycles. The van der Waals surface area contributed by atoms with Crippen molar-refractivity contribution < 1.29 is 14.4 Å². The van der Waals surface area contributed by atoms with Gasteiger partial charge in [-0.1, -0.05) is 23.4 Å². The first-order valence-corrected chi connectivity index (χ1v) is 7.57. The SMILES string of the molecule is Cc1onc(C(=O)NC(C)c2ccccc2-n2cccn2)c1CO. The molecule has 1 amide bonds. The van der Waals surface area contributed by atoms with Crippen LogP contribution in [0.3, 0.4) is 0 Å². The van der Waals surface area contributed by atoms with Crippen LogP contribution in [0.25, 0.3) is 5.69 Å². The molecule has 0 saturated carbocycles. The Hall–Kier alpha value is -2.93. The fourth-order valence-corrected chi connectivity index (χ4v) is 2.57. The van der Waals surface area contributed by atoms with Gasteiger partial charge in [0.1, 0.15) is 5.76 Å². The molecule has 1 aromatic carbocycles. The molecule has 3 rings (SSSR count). The molecule has 0 saturated heterocycles. The second-order valence-electron chi connectivity index (χ2n) is 5.43. The molecule has 2 heterocycles. The van der Waals surface area contributed by atoms with Gasteiger partial charge in [0.25, 0.3) is 5.91 Å². The summed E-state index contributed by atoms with van der Waals surface area (Å²) in [5.41, 5.74) is 2.31. The number of carbonyl (C=O) groups is 1. The van der Waals surface area contributed by atoms with E-state index in [-0.39, 0.29) is 18.3 Å². The van der Waals surface area contributed by atoms with Gasteiger partial charge in [-0.05, 0) is 31.5 Å². The molecule has 7 heteroatoms. The van der Waals surface area contributed by atoms with Crippen LogP contribution in [-0.2, 0) is 6.61 Å². The first kappa shape index (κ1) is 15.9. The van der Waals surface area contributed by atoms with Crippen molar-refractivity contribution in [1.82, 2.24) is 20.3 Å². The van der Waals surface area contributed by atoms with Gasteiger partial charge in [-0.2, -0.15) is 5.10 Å². The highest BCUT2D eigenvalue weighted by atomic mass is 16.5. The molecule has 0 aliphatic heterocycles. The van der Waals surface area contributed by atoms with Crippen molar-refractivity contribution in [1.29, 1.82) is 0 Å². The van der Waals surface area contributed by atoms with Crippen LogP contribution in [-0.4, -0.2) is 26.0 Å². The van der Waals surface area contributed by atoms with E-state index in [4.69, 9.17) is 4.52 Å². The number of amides is 1. The molecular weight excluding hydrogens is 308 g/mol. The lowest BCUT2D eigenvalue weighted by Gasteiger charge is -2.17. The number of aromatic nitrogens is 3. The molecule has 2 aromatic heterocycles. The largest absolute Gasteiger partial charge is 0.391 e. The summed E-state index contributed by atoms with van der Waals surface area (Å²) in [6.07, 6.45) is 3.55. The lowest BCUT2D eigenvalue weighted by atomic mass is 10.1. The predicted octanol–water partition coefficient (Wildman–Crippen LogP) is 2.15. The highest BCUT2D eigenvalue weighted by molar-refractivity contribution is 5.94. The van der Waals surface area contributed by atoms with Gasteiger partial charge in [-0.15, -0.1) is 0 Å². The van der Waals surface area contributed by atoms with Gasteiger partial charge in [-0.3, -0.25) is 4.79 Å². The summed E-state index contributed by atoms with van der Waals surface area (Å²) in [6, 6.07) is 9.25. The number of rotatable bonds is 5. The molecule has 0 spiro atoms. The number of carbonyl (C=O) groups excluding carboxylic acids is 1. The third-order valence-electron chi connectivity index (χ3n) is 3.86. The van der Waals surface area contributed by atoms with E-state index in [1.54, 1.807) is 17.8 Å². The van der Waals surface area contributed by atoms with Crippen molar-refractivity contribution in [2.24, 2.45) is 0 Å². The van der Waals surface area contributed by atoms with Gasteiger partial charge in [0.2, 0.25) is 0 Å². The number of aliphatic hydroxyl groups excluding tert-OH is 1. The van der Waals surface area contributed by atoms with Crippen molar-refractivity contribution >= 4 is 5.91 Å². The van der Waals surface area contributed by atoms with Gasteiger partial charge in [-0.25, -0.2) is 4.68 Å². The molecule has 24 heavy (non-hydrogen) atoms.